The number of pyridine rings is 1. The lowest BCUT2D eigenvalue weighted by molar-refractivity contribution is -0.137. The highest BCUT2D eigenvalue weighted by Crippen LogP contribution is 2.46. The van der Waals surface area contributed by atoms with E-state index in [1.807, 2.05) is 17.0 Å². The SMILES string of the molecule is COc1cc2c(cc1OC)[C@@H](C(=O)N1C[C@H](C)C[C@@H](C)C1)[C@@H](c1cccnc1)N(C)C2=O. The van der Waals surface area contributed by atoms with Crippen LogP contribution in [-0.4, -0.2) is 61.0 Å². The number of likely N-dealkylation sites (tertiary alicyclic amines) is 1. The normalized spacial score (nSPS) is 25.3. The van der Waals surface area contributed by atoms with Crippen molar-refractivity contribution in [3.05, 3.63) is 53.3 Å². The summed E-state index contributed by atoms with van der Waals surface area (Å²) in [5.41, 5.74) is 1.98. The molecule has 3 heterocycles. The van der Waals surface area contributed by atoms with E-state index >= 15 is 0 Å². The number of piperidine rings is 1. The van der Waals surface area contributed by atoms with Gasteiger partial charge in [-0.25, -0.2) is 0 Å². The van der Waals surface area contributed by atoms with Gasteiger partial charge in [0.1, 0.15) is 0 Å². The second-order valence-corrected chi connectivity index (χ2v) is 9.11. The van der Waals surface area contributed by atoms with E-state index in [1.54, 1.807) is 50.7 Å². The van der Waals surface area contributed by atoms with Crippen LogP contribution in [0.2, 0.25) is 0 Å². The number of hydrogen-bond donors (Lipinski definition) is 0. The van der Waals surface area contributed by atoms with Gasteiger partial charge in [0.15, 0.2) is 11.5 Å². The highest BCUT2D eigenvalue weighted by molar-refractivity contribution is 6.02. The van der Waals surface area contributed by atoms with Crippen LogP contribution in [0.5, 0.6) is 11.5 Å². The number of likely N-dealkylation sites (N-methyl/N-ethyl adjacent to an activating group) is 1. The number of fused-ring (bicyclic) bond motifs is 1. The van der Waals surface area contributed by atoms with Crippen LogP contribution < -0.4 is 9.47 Å². The topological polar surface area (TPSA) is 72.0 Å². The van der Waals surface area contributed by atoms with E-state index in [9.17, 15) is 9.59 Å². The molecule has 0 bridgehead atoms. The van der Waals surface area contributed by atoms with Crippen LogP contribution in [0.3, 0.4) is 0 Å². The predicted molar refractivity (Wildman–Crippen MR) is 121 cm³/mol. The average molecular weight is 438 g/mol. The third-order valence-electron chi connectivity index (χ3n) is 6.65. The Morgan fingerprint density at radius 1 is 1.09 bits per heavy atom. The van der Waals surface area contributed by atoms with Gasteiger partial charge in [0, 0.05) is 38.1 Å². The third-order valence-corrected chi connectivity index (χ3v) is 6.65. The fourth-order valence-corrected chi connectivity index (χ4v) is 5.32. The lowest BCUT2D eigenvalue weighted by atomic mass is 9.78. The van der Waals surface area contributed by atoms with Crippen LogP contribution in [0.1, 0.15) is 53.7 Å². The van der Waals surface area contributed by atoms with E-state index < -0.39 is 12.0 Å². The van der Waals surface area contributed by atoms with Crippen molar-refractivity contribution in [3.63, 3.8) is 0 Å². The number of amides is 2. The summed E-state index contributed by atoms with van der Waals surface area (Å²) in [6.45, 7) is 5.82. The molecule has 1 fully saturated rings. The zero-order valence-corrected chi connectivity index (χ0v) is 19.4. The number of ether oxygens (including phenoxy) is 2. The average Bonchev–Trinajstić information content (AvgIpc) is 2.79. The van der Waals surface area contributed by atoms with Gasteiger partial charge in [-0.2, -0.15) is 0 Å². The molecular weight excluding hydrogens is 406 g/mol. The second-order valence-electron chi connectivity index (χ2n) is 9.11. The van der Waals surface area contributed by atoms with E-state index in [1.165, 1.54) is 0 Å². The molecule has 2 aliphatic rings. The minimum absolute atomic E-state index is 0.0325. The van der Waals surface area contributed by atoms with Crippen molar-refractivity contribution in [1.29, 1.82) is 0 Å². The Balaban J connectivity index is 1.88. The van der Waals surface area contributed by atoms with Crippen LogP contribution in [0.4, 0.5) is 0 Å². The van der Waals surface area contributed by atoms with Gasteiger partial charge in [0.25, 0.3) is 5.91 Å². The number of hydrogen-bond acceptors (Lipinski definition) is 5. The molecule has 0 spiro atoms. The Labute approximate surface area is 189 Å². The van der Waals surface area contributed by atoms with Crippen molar-refractivity contribution in [3.8, 4) is 11.5 Å². The van der Waals surface area contributed by atoms with Crippen molar-refractivity contribution in [2.24, 2.45) is 11.8 Å². The van der Waals surface area contributed by atoms with Crippen LogP contribution in [-0.2, 0) is 4.79 Å². The van der Waals surface area contributed by atoms with Gasteiger partial charge in [0.2, 0.25) is 5.91 Å². The summed E-state index contributed by atoms with van der Waals surface area (Å²) in [7, 11) is 4.85. The van der Waals surface area contributed by atoms with E-state index in [-0.39, 0.29) is 11.8 Å². The molecule has 2 aliphatic heterocycles. The van der Waals surface area contributed by atoms with Gasteiger partial charge in [-0.1, -0.05) is 19.9 Å². The number of nitrogens with zero attached hydrogens (tertiary/aromatic N) is 3. The molecule has 0 N–H and O–H groups in total. The number of aromatic nitrogens is 1. The van der Waals surface area contributed by atoms with Crippen LogP contribution >= 0.6 is 0 Å². The maximum absolute atomic E-state index is 14.1. The number of carbonyl (C=O) groups is 2. The smallest absolute Gasteiger partial charge is 0.254 e. The van der Waals surface area contributed by atoms with Crippen molar-refractivity contribution >= 4 is 11.8 Å². The number of carbonyl (C=O) groups excluding carboxylic acids is 2. The molecule has 7 nitrogen and oxygen atoms in total. The summed E-state index contributed by atoms with van der Waals surface area (Å²) in [6, 6.07) is 6.79. The van der Waals surface area contributed by atoms with E-state index in [0.717, 1.165) is 25.1 Å². The maximum Gasteiger partial charge on any atom is 0.254 e. The van der Waals surface area contributed by atoms with Gasteiger partial charge in [0.05, 0.1) is 26.2 Å². The first kappa shape index (κ1) is 22.1. The fourth-order valence-electron chi connectivity index (χ4n) is 5.32. The minimum Gasteiger partial charge on any atom is -0.493 e. The van der Waals surface area contributed by atoms with E-state index in [0.29, 0.717) is 34.5 Å². The Morgan fingerprint density at radius 3 is 2.34 bits per heavy atom. The Morgan fingerprint density at radius 2 is 1.75 bits per heavy atom. The molecule has 4 rings (SSSR count). The van der Waals surface area contributed by atoms with E-state index in [2.05, 4.69) is 18.8 Å². The molecular formula is C25H31N3O4. The van der Waals surface area contributed by atoms with Gasteiger partial charge >= 0.3 is 0 Å². The molecule has 2 aromatic rings. The molecule has 1 saturated heterocycles. The van der Waals surface area contributed by atoms with Crippen LogP contribution in [0, 0.1) is 11.8 Å². The number of benzene rings is 1. The van der Waals surface area contributed by atoms with Gasteiger partial charge in [-0.05, 0) is 47.6 Å². The fraction of sp³-hybridized carbons (Fsp3) is 0.480. The van der Waals surface area contributed by atoms with Gasteiger partial charge in [-0.3, -0.25) is 14.6 Å². The molecule has 0 unspecified atom stereocenters. The summed E-state index contributed by atoms with van der Waals surface area (Å²) in [4.78, 5) is 35.4. The molecule has 32 heavy (non-hydrogen) atoms. The monoisotopic (exact) mass is 437 g/mol. The Hall–Kier alpha value is -3.09. The van der Waals surface area contributed by atoms with Gasteiger partial charge < -0.3 is 19.3 Å². The third kappa shape index (κ3) is 3.80. The first-order valence-electron chi connectivity index (χ1n) is 11.1. The molecule has 7 heteroatoms. The number of rotatable bonds is 4. The molecule has 2 amide bonds. The Kier molecular flexibility index (Phi) is 6.09. The zero-order valence-electron chi connectivity index (χ0n) is 19.4. The zero-order chi connectivity index (χ0) is 23.0. The first-order valence-corrected chi connectivity index (χ1v) is 11.1. The summed E-state index contributed by atoms with van der Waals surface area (Å²) >= 11 is 0. The lowest BCUT2D eigenvalue weighted by Gasteiger charge is -2.43. The lowest BCUT2D eigenvalue weighted by Crippen LogP contribution is -2.50. The van der Waals surface area contributed by atoms with E-state index in [4.69, 9.17) is 9.47 Å². The standard InChI is InChI=1S/C25H31N3O4/c1-15-9-16(2)14-28(13-15)25(30)22-18-10-20(31-4)21(32-5)11-19(18)24(29)27(3)23(22)17-7-6-8-26-12-17/h6-8,10-12,15-16,22-23H,9,13-14H2,1-5H3/t15-,16-,22-,23-/m1/s1. The molecule has 4 atom stereocenters. The summed E-state index contributed by atoms with van der Waals surface area (Å²) < 4.78 is 11.0. The van der Waals surface area contributed by atoms with Gasteiger partial charge in [-0.15, -0.1) is 0 Å². The molecule has 0 aliphatic carbocycles. The van der Waals surface area contributed by atoms with Crippen molar-refractivity contribution in [1.82, 2.24) is 14.8 Å². The van der Waals surface area contributed by atoms with Crippen LogP contribution in [0.25, 0.3) is 0 Å². The summed E-state index contributed by atoms with van der Waals surface area (Å²) in [6.07, 6.45) is 4.54. The Bertz CT molecular complexity index is 1000. The number of methoxy groups -OCH3 is 2. The highest BCUT2D eigenvalue weighted by Gasteiger charge is 2.45. The molecule has 0 radical (unpaired) electrons. The summed E-state index contributed by atoms with van der Waals surface area (Å²) in [5.74, 6) is 1.17. The van der Waals surface area contributed by atoms with Crippen molar-refractivity contribution < 1.29 is 19.1 Å². The highest BCUT2D eigenvalue weighted by atomic mass is 16.5. The second kappa shape index (κ2) is 8.81. The predicted octanol–water partition coefficient (Wildman–Crippen LogP) is 3.51. The molecule has 0 saturated carbocycles. The first-order chi connectivity index (χ1) is 15.3. The maximum atomic E-state index is 14.1. The molecule has 1 aromatic heterocycles. The quantitative estimate of drug-likeness (QED) is 0.732. The molecule has 170 valence electrons. The largest absolute Gasteiger partial charge is 0.493 e. The van der Waals surface area contributed by atoms with Crippen molar-refractivity contribution in [2.75, 3.05) is 34.4 Å². The minimum atomic E-state index is -0.561. The summed E-state index contributed by atoms with van der Waals surface area (Å²) in [5, 5.41) is 0. The van der Waals surface area contributed by atoms with Crippen LogP contribution in [0.15, 0.2) is 36.7 Å². The van der Waals surface area contributed by atoms with Crippen molar-refractivity contribution in [2.45, 2.75) is 32.2 Å². The molecule has 1 aromatic carbocycles.